The van der Waals surface area contributed by atoms with E-state index in [1.54, 1.807) is 12.1 Å². The van der Waals surface area contributed by atoms with Gasteiger partial charge in [0, 0.05) is 5.56 Å². The van der Waals surface area contributed by atoms with E-state index in [0.29, 0.717) is 11.7 Å². The highest BCUT2D eigenvalue weighted by molar-refractivity contribution is 5.79. The minimum atomic E-state index is -0.258. The van der Waals surface area contributed by atoms with Gasteiger partial charge in [0.25, 0.3) is 0 Å². The fourth-order valence-electron chi connectivity index (χ4n) is 3.57. The predicted octanol–water partition coefficient (Wildman–Crippen LogP) is 4.02. The minimum absolute atomic E-state index is 0.0503. The summed E-state index contributed by atoms with van der Waals surface area (Å²) in [4.78, 5) is 12.6. The number of carbonyl (C=O) groups excluding carboxylic acids is 1. The number of hydrogen-bond donors (Lipinski definition) is 1. The Kier molecular flexibility index (Phi) is 4.97. The van der Waals surface area contributed by atoms with Gasteiger partial charge in [0.05, 0.1) is 18.2 Å². The average molecular weight is 330 g/mol. The van der Waals surface area contributed by atoms with Crippen LogP contribution in [0.2, 0.25) is 0 Å². The topological polar surface area (TPSA) is 55.1 Å². The van der Waals surface area contributed by atoms with Gasteiger partial charge in [0.1, 0.15) is 11.6 Å². The summed E-state index contributed by atoms with van der Waals surface area (Å²) in [6.07, 6.45) is 4.80. The Morgan fingerprint density at radius 2 is 1.96 bits per heavy atom. The van der Waals surface area contributed by atoms with E-state index in [2.05, 4.69) is 10.5 Å². The second-order valence-electron chi connectivity index (χ2n) is 6.62. The molecule has 0 saturated heterocycles. The van der Waals surface area contributed by atoms with Gasteiger partial charge in [-0.25, -0.2) is 4.39 Å². The quantitative estimate of drug-likeness (QED) is 0.901. The van der Waals surface area contributed by atoms with Gasteiger partial charge in [0.15, 0.2) is 0 Å². The van der Waals surface area contributed by atoms with Crippen LogP contribution < -0.4 is 5.32 Å². The number of hydrogen-bond acceptors (Lipinski definition) is 3. The van der Waals surface area contributed by atoms with Gasteiger partial charge in [-0.15, -0.1) is 0 Å². The van der Waals surface area contributed by atoms with Gasteiger partial charge in [-0.3, -0.25) is 4.79 Å². The van der Waals surface area contributed by atoms with E-state index >= 15 is 0 Å². The maximum Gasteiger partial charge on any atom is 0.225 e. The molecule has 0 spiro atoms. The molecule has 1 N–H and O–H groups in total. The van der Waals surface area contributed by atoms with Crippen molar-refractivity contribution in [3.05, 3.63) is 52.7 Å². The van der Waals surface area contributed by atoms with Crippen LogP contribution in [-0.4, -0.2) is 11.1 Å². The minimum Gasteiger partial charge on any atom is -0.361 e. The van der Waals surface area contributed by atoms with Crippen LogP contribution in [0.3, 0.4) is 0 Å². The summed E-state index contributed by atoms with van der Waals surface area (Å²) >= 11 is 0. The van der Waals surface area contributed by atoms with Crippen LogP contribution in [-0.2, 0) is 11.2 Å². The number of rotatable bonds is 5. The molecule has 0 aliphatic heterocycles. The number of nitrogens with one attached hydrogen (secondary N) is 1. The molecule has 5 heteroatoms. The second kappa shape index (κ2) is 7.16. The van der Waals surface area contributed by atoms with E-state index in [4.69, 9.17) is 4.52 Å². The van der Waals surface area contributed by atoms with Crippen LogP contribution in [0.25, 0.3) is 0 Å². The van der Waals surface area contributed by atoms with Crippen LogP contribution in [0, 0.1) is 25.6 Å². The van der Waals surface area contributed by atoms with E-state index in [1.165, 1.54) is 25.0 Å². The van der Waals surface area contributed by atoms with Gasteiger partial charge in [-0.05, 0) is 50.3 Å². The second-order valence-corrected chi connectivity index (χ2v) is 6.62. The lowest BCUT2D eigenvalue weighted by Gasteiger charge is -2.25. The Bertz CT molecular complexity index is 683. The number of nitrogens with zero attached hydrogens (tertiary/aromatic N) is 1. The maximum absolute atomic E-state index is 13.2. The molecule has 0 bridgehead atoms. The van der Waals surface area contributed by atoms with Crippen molar-refractivity contribution in [3.8, 4) is 0 Å². The molecular formula is C19H23FN2O2. The number of aromatic nitrogens is 1. The Hall–Kier alpha value is -2.17. The maximum atomic E-state index is 13.2. The van der Waals surface area contributed by atoms with Gasteiger partial charge in [-0.2, -0.15) is 0 Å². The summed E-state index contributed by atoms with van der Waals surface area (Å²) in [6.45, 7) is 3.66. The molecule has 1 atom stereocenters. The molecule has 3 rings (SSSR count). The molecular weight excluding hydrogens is 307 g/mol. The number of benzene rings is 1. The van der Waals surface area contributed by atoms with Gasteiger partial charge in [-0.1, -0.05) is 30.1 Å². The molecule has 1 aromatic heterocycles. The van der Waals surface area contributed by atoms with Crippen LogP contribution in [0.5, 0.6) is 0 Å². The number of aryl methyl sites for hydroxylation is 2. The van der Waals surface area contributed by atoms with Crippen molar-refractivity contribution in [3.63, 3.8) is 0 Å². The van der Waals surface area contributed by atoms with Crippen LogP contribution >= 0.6 is 0 Å². The van der Waals surface area contributed by atoms with Crippen LogP contribution in [0.15, 0.2) is 28.8 Å². The van der Waals surface area contributed by atoms with E-state index in [0.717, 1.165) is 29.7 Å². The lowest BCUT2D eigenvalue weighted by Crippen LogP contribution is -2.34. The van der Waals surface area contributed by atoms with Crippen molar-refractivity contribution >= 4 is 5.91 Å². The van der Waals surface area contributed by atoms with Gasteiger partial charge >= 0.3 is 0 Å². The molecule has 1 fully saturated rings. The Labute approximate surface area is 141 Å². The summed E-state index contributed by atoms with van der Waals surface area (Å²) in [7, 11) is 0. The highest BCUT2D eigenvalue weighted by Crippen LogP contribution is 2.35. The summed E-state index contributed by atoms with van der Waals surface area (Å²) in [5.41, 5.74) is 2.56. The molecule has 128 valence electrons. The molecule has 1 saturated carbocycles. The van der Waals surface area contributed by atoms with E-state index in [-0.39, 0.29) is 24.2 Å². The molecule has 0 radical (unpaired) electrons. The van der Waals surface area contributed by atoms with Crippen molar-refractivity contribution in [2.24, 2.45) is 5.92 Å². The first kappa shape index (κ1) is 16.7. The molecule has 1 amide bonds. The number of halogens is 1. The highest BCUT2D eigenvalue weighted by atomic mass is 19.1. The monoisotopic (exact) mass is 330 g/mol. The normalized spacial score (nSPS) is 16.3. The van der Waals surface area contributed by atoms with Crippen molar-refractivity contribution in [2.75, 3.05) is 0 Å². The first-order chi connectivity index (χ1) is 11.5. The Morgan fingerprint density at radius 1 is 1.29 bits per heavy atom. The fraction of sp³-hybridized carbons (Fsp3) is 0.474. The van der Waals surface area contributed by atoms with Crippen molar-refractivity contribution in [1.29, 1.82) is 0 Å². The lowest BCUT2D eigenvalue weighted by molar-refractivity contribution is -0.121. The van der Waals surface area contributed by atoms with Crippen molar-refractivity contribution < 1.29 is 13.7 Å². The molecule has 4 nitrogen and oxygen atoms in total. The third-order valence-electron chi connectivity index (χ3n) is 4.94. The third-order valence-corrected chi connectivity index (χ3v) is 4.94. The molecule has 2 aromatic rings. The molecule has 1 aromatic carbocycles. The SMILES string of the molecule is Cc1noc(C)c1CC(=O)NC(c1ccc(F)cc1)C1CCCC1. The lowest BCUT2D eigenvalue weighted by atomic mass is 9.91. The van der Waals surface area contributed by atoms with Crippen LogP contribution in [0.4, 0.5) is 4.39 Å². The van der Waals surface area contributed by atoms with Gasteiger partial charge < -0.3 is 9.84 Å². The summed E-state index contributed by atoms with van der Waals surface area (Å²) < 4.78 is 18.4. The zero-order chi connectivity index (χ0) is 17.1. The summed E-state index contributed by atoms with van der Waals surface area (Å²) in [6, 6.07) is 6.39. The summed E-state index contributed by atoms with van der Waals surface area (Å²) in [5.74, 6) is 0.780. The number of carbonyl (C=O) groups is 1. The van der Waals surface area contributed by atoms with Crippen LogP contribution in [0.1, 0.15) is 54.3 Å². The summed E-state index contributed by atoms with van der Waals surface area (Å²) in [5, 5.41) is 7.05. The number of amides is 1. The Morgan fingerprint density at radius 3 is 2.54 bits per heavy atom. The van der Waals surface area contributed by atoms with Crippen molar-refractivity contribution in [2.45, 2.75) is 52.0 Å². The van der Waals surface area contributed by atoms with E-state index in [1.807, 2.05) is 13.8 Å². The van der Waals surface area contributed by atoms with E-state index < -0.39 is 0 Å². The molecule has 24 heavy (non-hydrogen) atoms. The van der Waals surface area contributed by atoms with Gasteiger partial charge in [0.2, 0.25) is 5.91 Å². The fourth-order valence-corrected chi connectivity index (χ4v) is 3.57. The smallest absolute Gasteiger partial charge is 0.225 e. The van der Waals surface area contributed by atoms with Crippen molar-refractivity contribution in [1.82, 2.24) is 10.5 Å². The first-order valence-electron chi connectivity index (χ1n) is 8.51. The largest absolute Gasteiger partial charge is 0.361 e. The molecule has 1 aliphatic carbocycles. The standard InChI is InChI=1S/C19H23FN2O2/c1-12-17(13(2)24-22-12)11-18(23)21-19(14-5-3-4-6-14)15-7-9-16(20)10-8-15/h7-10,14,19H,3-6,11H2,1-2H3,(H,21,23). The predicted molar refractivity (Wildman–Crippen MR) is 88.9 cm³/mol. The first-order valence-corrected chi connectivity index (χ1v) is 8.51. The van der Waals surface area contributed by atoms with E-state index in [9.17, 15) is 9.18 Å². The highest BCUT2D eigenvalue weighted by Gasteiger charge is 2.28. The third kappa shape index (κ3) is 3.66. The molecule has 1 unspecified atom stereocenters. The average Bonchev–Trinajstić information content (AvgIpc) is 3.19. The Balaban J connectivity index is 1.76. The molecule has 1 heterocycles. The zero-order valence-electron chi connectivity index (χ0n) is 14.1. The molecule has 1 aliphatic rings. The zero-order valence-corrected chi connectivity index (χ0v) is 14.1.